The lowest BCUT2D eigenvalue weighted by Gasteiger charge is -2.14. The molecule has 1 saturated carbocycles. The van der Waals surface area contributed by atoms with Gasteiger partial charge in [0.05, 0.1) is 18.7 Å². The van der Waals surface area contributed by atoms with E-state index in [4.69, 9.17) is 4.74 Å². The Morgan fingerprint density at radius 3 is 3.00 bits per heavy atom. The van der Waals surface area contributed by atoms with E-state index in [0.29, 0.717) is 19.4 Å². The van der Waals surface area contributed by atoms with Crippen LogP contribution in [-0.2, 0) is 16.0 Å². The minimum Gasteiger partial charge on any atom is -0.466 e. The third kappa shape index (κ3) is 4.20. The molecule has 1 aromatic rings. The Kier molecular flexibility index (Phi) is 4.80. The van der Waals surface area contributed by atoms with Gasteiger partial charge in [-0.05, 0) is 25.2 Å². The molecule has 5 heteroatoms. The molecule has 0 bridgehead atoms. The first kappa shape index (κ1) is 14.3. The lowest BCUT2D eigenvalue weighted by molar-refractivity contribution is -0.143. The van der Waals surface area contributed by atoms with Crippen LogP contribution in [0.2, 0.25) is 0 Å². The van der Waals surface area contributed by atoms with Crippen LogP contribution in [0, 0.1) is 11.8 Å². The second kappa shape index (κ2) is 6.37. The molecule has 0 saturated heterocycles. The fraction of sp³-hybridized carbons (Fsp3) is 0.714. The minimum atomic E-state index is -0.141. The molecule has 0 N–H and O–H groups in total. The molecule has 4 nitrogen and oxygen atoms in total. The lowest BCUT2D eigenvalue weighted by atomic mass is 10.2. The van der Waals surface area contributed by atoms with Crippen LogP contribution < -0.4 is 4.90 Å². The number of hydrogen-bond donors (Lipinski definition) is 0. The first-order valence-corrected chi connectivity index (χ1v) is 7.79. The topological polar surface area (TPSA) is 42.4 Å². The summed E-state index contributed by atoms with van der Waals surface area (Å²) in [7, 11) is 2.10. The molecule has 2 atom stereocenters. The van der Waals surface area contributed by atoms with E-state index in [0.717, 1.165) is 29.2 Å². The van der Waals surface area contributed by atoms with Crippen molar-refractivity contribution in [2.45, 2.75) is 33.1 Å². The van der Waals surface area contributed by atoms with E-state index in [1.54, 1.807) is 11.3 Å². The predicted octanol–water partition coefficient (Wildman–Crippen LogP) is 2.73. The van der Waals surface area contributed by atoms with Gasteiger partial charge in [-0.2, -0.15) is 0 Å². The molecule has 0 aliphatic heterocycles. The normalized spacial score (nSPS) is 21.2. The molecular weight excluding hydrogens is 260 g/mol. The van der Waals surface area contributed by atoms with E-state index in [-0.39, 0.29) is 5.97 Å². The maximum atomic E-state index is 11.3. The zero-order chi connectivity index (χ0) is 13.8. The predicted molar refractivity (Wildman–Crippen MR) is 77.6 cm³/mol. The molecule has 2 rings (SSSR count). The zero-order valence-electron chi connectivity index (χ0n) is 11.9. The molecule has 106 valence electrons. The number of carbonyl (C=O) groups excluding carboxylic acids is 1. The van der Waals surface area contributed by atoms with Gasteiger partial charge in [0.15, 0.2) is 5.13 Å². The third-order valence-corrected chi connectivity index (χ3v) is 4.54. The number of esters is 1. The van der Waals surface area contributed by atoms with Gasteiger partial charge in [0, 0.05) is 25.4 Å². The standard InChI is InChI=1S/C14H22N2O2S/c1-4-18-13(17)6-5-12-9-19-14(15-12)16(3)8-11-7-10(11)2/h9-11H,4-8H2,1-3H3. The van der Waals surface area contributed by atoms with E-state index in [2.05, 4.69) is 23.9 Å². The van der Waals surface area contributed by atoms with Crippen molar-refractivity contribution in [3.05, 3.63) is 11.1 Å². The summed E-state index contributed by atoms with van der Waals surface area (Å²) >= 11 is 1.66. The van der Waals surface area contributed by atoms with Crippen molar-refractivity contribution in [1.29, 1.82) is 0 Å². The van der Waals surface area contributed by atoms with E-state index in [1.807, 2.05) is 12.3 Å². The van der Waals surface area contributed by atoms with Crippen molar-refractivity contribution in [2.75, 3.05) is 25.1 Å². The number of anilines is 1. The largest absolute Gasteiger partial charge is 0.466 e. The quantitative estimate of drug-likeness (QED) is 0.721. The van der Waals surface area contributed by atoms with Gasteiger partial charge in [-0.3, -0.25) is 4.79 Å². The molecule has 2 unspecified atom stereocenters. The molecule has 0 spiro atoms. The maximum Gasteiger partial charge on any atom is 0.306 e. The summed E-state index contributed by atoms with van der Waals surface area (Å²) in [6.07, 6.45) is 2.43. The molecule has 0 amide bonds. The number of aryl methyl sites for hydroxylation is 1. The fourth-order valence-electron chi connectivity index (χ4n) is 2.13. The monoisotopic (exact) mass is 282 g/mol. The minimum absolute atomic E-state index is 0.141. The summed E-state index contributed by atoms with van der Waals surface area (Å²) in [5.74, 6) is 1.56. The van der Waals surface area contributed by atoms with Crippen LogP contribution in [0.3, 0.4) is 0 Å². The Morgan fingerprint density at radius 2 is 2.37 bits per heavy atom. The van der Waals surface area contributed by atoms with Crippen LogP contribution in [0.25, 0.3) is 0 Å². The highest BCUT2D eigenvalue weighted by molar-refractivity contribution is 7.13. The van der Waals surface area contributed by atoms with Gasteiger partial charge in [-0.15, -0.1) is 11.3 Å². The summed E-state index contributed by atoms with van der Waals surface area (Å²) in [6, 6.07) is 0. The van der Waals surface area contributed by atoms with Crippen molar-refractivity contribution >= 4 is 22.4 Å². The fourth-order valence-corrected chi connectivity index (χ4v) is 2.97. The molecule has 0 radical (unpaired) electrons. The van der Waals surface area contributed by atoms with Crippen molar-refractivity contribution < 1.29 is 9.53 Å². The number of thiazole rings is 1. The number of nitrogens with zero attached hydrogens (tertiary/aromatic N) is 2. The van der Waals surface area contributed by atoms with Gasteiger partial charge in [-0.1, -0.05) is 6.92 Å². The van der Waals surface area contributed by atoms with Crippen LogP contribution in [0.4, 0.5) is 5.13 Å². The van der Waals surface area contributed by atoms with E-state index in [9.17, 15) is 4.79 Å². The number of aromatic nitrogens is 1. The van der Waals surface area contributed by atoms with Crippen LogP contribution in [0.1, 0.15) is 32.4 Å². The molecule has 0 aromatic carbocycles. The zero-order valence-corrected chi connectivity index (χ0v) is 12.7. The summed E-state index contributed by atoms with van der Waals surface area (Å²) in [5, 5.41) is 3.10. The second-order valence-electron chi connectivity index (χ2n) is 5.28. The van der Waals surface area contributed by atoms with Gasteiger partial charge in [0.1, 0.15) is 0 Å². The highest BCUT2D eigenvalue weighted by Gasteiger charge is 2.33. The highest BCUT2D eigenvalue weighted by Crippen LogP contribution is 2.39. The molecule has 1 fully saturated rings. The van der Waals surface area contributed by atoms with Crippen molar-refractivity contribution in [2.24, 2.45) is 11.8 Å². The second-order valence-corrected chi connectivity index (χ2v) is 6.12. The molecule has 1 aromatic heterocycles. The maximum absolute atomic E-state index is 11.3. The molecule has 19 heavy (non-hydrogen) atoms. The van der Waals surface area contributed by atoms with Gasteiger partial charge in [-0.25, -0.2) is 4.98 Å². The Morgan fingerprint density at radius 1 is 1.63 bits per heavy atom. The third-order valence-electron chi connectivity index (χ3n) is 3.54. The van der Waals surface area contributed by atoms with E-state index in [1.165, 1.54) is 6.42 Å². The Hall–Kier alpha value is -1.10. The van der Waals surface area contributed by atoms with Crippen molar-refractivity contribution in [3.63, 3.8) is 0 Å². The number of ether oxygens (including phenoxy) is 1. The van der Waals surface area contributed by atoms with Crippen LogP contribution in [-0.4, -0.2) is 31.2 Å². The molecule has 1 heterocycles. The summed E-state index contributed by atoms with van der Waals surface area (Å²) in [6.45, 7) is 5.66. The van der Waals surface area contributed by atoms with Crippen LogP contribution >= 0.6 is 11.3 Å². The van der Waals surface area contributed by atoms with E-state index < -0.39 is 0 Å². The van der Waals surface area contributed by atoms with Gasteiger partial charge in [0.25, 0.3) is 0 Å². The smallest absolute Gasteiger partial charge is 0.306 e. The van der Waals surface area contributed by atoms with Crippen molar-refractivity contribution in [1.82, 2.24) is 4.98 Å². The Bertz CT molecular complexity index is 433. The summed E-state index contributed by atoms with van der Waals surface area (Å²) < 4.78 is 4.92. The SMILES string of the molecule is CCOC(=O)CCc1csc(N(C)CC2CC2C)n1. The number of rotatable bonds is 7. The summed E-state index contributed by atoms with van der Waals surface area (Å²) in [5.41, 5.74) is 0.990. The average molecular weight is 282 g/mol. The number of carbonyl (C=O) groups is 1. The van der Waals surface area contributed by atoms with Crippen molar-refractivity contribution in [3.8, 4) is 0 Å². The summed E-state index contributed by atoms with van der Waals surface area (Å²) in [4.78, 5) is 18.1. The van der Waals surface area contributed by atoms with Gasteiger partial charge in [0.2, 0.25) is 0 Å². The van der Waals surface area contributed by atoms with Crippen LogP contribution in [0.5, 0.6) is 0 Å². The first-order chi connectivity index (χ1) is 9.10. The molecular formula is C14H22N2O2S. The van der Waals surface area contributed by atoms with Gasteiger partial charge < -0.3 is 9.64 Å². The molecule has 1 aliphatic carbocycles. The Labute approximate surface area is 118 Å². The van der Waals surface area contributed by atoms with Crippen LogP contribution in [0.15, 0.2) is 5.38 Å². The van der Waals surface area contributed by atoms with Gasteiger partial charge >= 0.3 is 5.97 Å². The number of hydrogen-bond acceptors (Lipinski definition) is 5. The first-order valence-electron chi connectivity index (χ1n) is 6.91. The lowest BCUT2D eigenvalue weighted by Crippen LogP contribution is -2.20. The highest BCUT2D eigenvalue weighted by atomic mass is 32.1. The Balaban J connectivity index is 1.79. The molecule has 1 aliphatic rings. The average Bonchev–Trinajstić information content (AvgIpc) is 2.90. The van der Waals surface area contributed by atoms with E-state index >= 15 is 0 Å².